The second kappa shape index (κ2) is 19.7. The number of rotatable bonds is 10. The maximum atomic E-state index is 13.4. The fourth-order valence-corrected chi connectivity index (χ4v) is 12.4. The molecule has 22 heteroatoms. The van der Waals surface area contributed by atoms with Crippen molar-refractivity contribution in [2.75, 3.05) is 62.2 Å². The lowest BCUT2D eigenvalue weighted by atomic mass is 10.0. The van der Waals surface area contributed by atoms with E-state index in [1.54, 1.807) is 5.38 Å². The number of hydrogen-bond acceptors (Lipinski definition) is 10. The molecule has 8 rings (SSSR count). The Hall–Kier alpha value is -5.00. The van der Waals surface area contributed by atoms with Gasteiger partial charge in [0.15, 0.2) is 21.9 Å². The summed E-state index contributed by atoms with van der Waals surface area (Å²) in [5.74, 6) is -1.87. The molecule has 2 aromatic heterocycles. The number of alkyl halides is 6. The molecule has 0 spiro atoms. The molecule has 10 nitrogen and oxygen atoms in total. The zero-order chi connectivity index (χ0) is 47.6. The smallest absolute Gasteiger partial charge is 0.345 e. The summed E-state index contributed by atoms with van der Waals surface area (Å²) in [6.45, 7) is 5.60. The Morgan fingerprint density at radius 2 is 0.939 bits per heavy atom. The van der Waals surface area contributed by atoms with Crippen LogP contribution in [0.1, 0.15) is 44.8 Å². The number of piperazine rings is 2. The van der Waals surface area contributed by atoms with Crippen LogP contribution in [0.25, 0.3) is 0 Å². The first kappa shape index (κ1) is 48.9. The molecule has 0 saturated carbocycles. The highest BCUT2D eigenvalue weighted by molar-refractivity contribution is 7.89. The zero-order valence-corrected chi connectivity index (χ0v) is 38.5. The molecular formula is C44H42F8N6O4S4. The van der Waals surface area contributed by atoms with Crippen LogP contribution in [-0.2, 0) is 45.2 Å². The number of halogens is 8. The number of hydrogen-bond donors (Lipinski definition) is 0. The predicted octanol–water partition coefficient (Wildman–Crippen LogP) is 9.42. The maximum Gasteiger partial charge on any atom is 0.417 e. The SMILES string of the molecule is Cc1ccc(Cc2csc(N3CCN(S(=O)(=O)c4ccccc4C(F)(F)F)CC3)n2)cc1C.O=S(=O)(c1ccccc1C(F)(F)F)N1CCN(c2nc(Cc3ccc(F)c(F)c3)cs2)CC1. The van der Waals surface area contributed by atoms with Crippen LogP contribution in [0.5, 0.6) is 0 Å². The fourth-order valence-electron chi connectivity index (χ4n) is 7.40. The molecule has 4 heterocycles. The fraction of sp³-hybridized carbons (Fsp3) is 0.318. The standard InChI is InChI=1S/C23H24F3N3O2S2.C21H18F5N3O2S2/c1-16-7-8-18(13-17(16)2)14-19-15-32-22(27-19)28-9-11-29(12-10-28)33(30,31)21-6-4-3-5-20(21)23(24,25)26;22-17-6-5-14(12-18(17)23)11-15-13-32-20(27-15)28-7-9-29(10-8-28)33(30,31)19-4-2-1-3-16(19)21(24,25)26/h3-8,13,15H,9-12,14H2,1-2H3;1-6,12-13H,7-11H2. The molecule has 2 aliphatic rings. The number of nitrogens with zero attached hydrogens (tertiary/aromatic N) is 6. The normalized spacial score (nSPS) is 15.7. The molecule has 66 heavy (non-hydrogen) atoms. The Bertz CT molecular complexity index is 2700. The van der Waals surface area contributed by atoms with Crippen LogP contribution in [0.15, 0.2) is 105 Å². The molecule has 2 saturated heterocycles. The Balaban J connectivity index is 0.000000196. The lowest BCUT2D eigenvalue weighted by Crippen LogP contribution is -2.49. The first-order valence-electron chi connectivity index (χ1n) is 20.3. The van der Waals surface area contributed by atoms with Crippen molar-refractivity contribution < 1.29 is 52.0 Å². The van der Waals surface area contributed by atoms with Gasteiger partial charge in [0.2, 0.25) is 20.0 Å². The van der Waals surface area contributed by atoms with Gasteiger partial charge in [-0.1, -0.05) is 48.5 Å². The van der Waals surface area contributed by atoms with Gasteiger partial charge in [0.05, 0.1) is 32.3 Å². The van der Waals surface area contributed by atoms with E-state index in [0.29, 0.717) is 42.3 Å². The molecular weight excluding hydrogens is 957 g/mol. The summed E-state index contributed by atoms with van der Waals surface area (Å²) in [7, 11) is -8.58. The highest BCUT2D eigenvalue weighted by Crippen LogP contribution is 2.37. The summed E-state index contributed by atoms with van der Waals surface area (Å²) in [6.07, 6.45) is -8.51. The van der Waals surface area contributed by atoms with Gasteiger partial charge >= 0.3 is 12.4 Å². The second-order valence-corrected chi connectivity index (χ2v) is 21.0. The number of benzene rings is 4. The third-order valence-electron chi connectivity index (χ3n) is 11.0. The van der Waals surface area contributed by atoms with Crippen molar-refractivity contribution in [1.82, 2.24) is 18.6 Å². The van der Waals surface area contributed by atoms with E-state index in [2.05, 4.69) is 37.0 Å². The van der Waals surface area contributed by atoms with E-state index in [-0.39, 0.29) is 39.3 Å². The Labute approximate surface area is 384 Å². The zero-order valence-electron chi connectivity index (χ0n) is 35.3. The summed E-state index contributed by atoms with van der Waals surface area (Å²) in [4.78, 5) is 11.6. The van der Waals surface area contributed by atoms with Crippen molar-refractivity contribution in [2.45, 2.75) is 48.8 Å². The molecule has 2 fully saturated rings. The number of aromatic nitrogens is 2. The van der Waals surface area contributed by atoms with Gasteiger partial charge in [-0.25, -0.2) is 35.6 Å². The average Bonchev–Trinajstić information content (AvgIpc) is 3.96. The van der Waals surface area contributed by atoms with Crippen molar-refractivity contribution in [2.24, 2.45) is 0 Å². The first-order chi connectivity index (χ1) is 31.1. The third-order valence-corrected chi connectivity index (χ3v) is 16.9. The minimum Gasteiger partial charge on any atom is -0.345 e. The van der Waals surface area contributed by atoms with Gasteiger partial charge < -0.3 is 9.80 Å². The molecule has 352 valence electrons. The minimum absolute atomic E-state index is 0.00656. The number of sulfonamides is 2. The van der Waals surface area contributed by atoms with E-state index >= 15 is 0 Å². The molecule has 0 unspecified atom stereocenters. The van der Waals surface area contributed by atoms with Crippen molar-refractivity contribution in [1.29, 1.82) is 0 Å². The summed E-state index contributed by atoms with van der Waals surface area (Å²) in [6, 6.07) is 18.4. The Morgan fingerprint density at radius 1 is 0.530 bits per heavy atom. The van der Waals surface area contributed by atoms with Gasteiger partial charge in [0.25, 0.3) is 0 Å². The lowest BCUT2D eigenvalue weighted by Gasteiger charge is -2.34. The topological polar surface area (TPSA) is 107 Å². The molecule has 0 amide bonds. The van der Waals surface area contributed by atoms with E-state index in [9.17, 15) is 52.0 Å². The van der Waals surface area contributed by atoms with Crippen molar-refractivity contribution in [3.8, 4) is 0 Å². The molecule has 0 bridgehead atoms. The van der Waals surface area contributed by atoms with Crippen LogP contribution in [0.2, 0.25) is 0 Å². The molecule has 2 aliphatic heterocycles. The Kier molecular flexibility index (Phi) is 14.6. The van der Waals surface area contributed by atoms with Gasteiger partial charge in [0.1, 0.15) is 0 Å². The van der Waals surface area contributed by atoms with E-state index < -0.39 is 65.0 Å². The van der Waals surface area contributed by atoms with E-state index in [0.717, 1.165) is 61.9 Å². The monoisotopic (exact) mass is 998 g/mol. The first-order valence-corrected chi connectivity index (χ1v) is 25.0. The molecule has 6 aromatic rings. The summed E-state index contributed by atoms with van der Waals surface area (Å²) in [5.41, 5.74) is 3.47. The molecule has 4 aromatic carbocycles. The highest BCUT2D eigenvalue weighted by atomic mass is 32.2. The summed E-state index contributed by atoms with van der Waals surface area (Å²) < 4.78 is 160. The third kappa shape index (κ3) is 11.2. The van der Waals surface area contributed by atoms with Crippen LogP contribution < -0.4 is 9.80 Å². The molecule has 0 aliphatic carbocycles. The van der Waals surface area contributed by atoms with E-state index in [1.165, 1.54) is 63.6 Å². The maximum absolute atomic E-state index is 13.4. The van der Waals surface area contributed by atoms with E-state index in [4.69, 9.17) is 4.98 Å². The van der Waals surface area contributed by atoms with Gasteiger partial charge in [-0.3, -0.25) is 0 Å². The average molecular weight is 999 g/mol. The van der Waals surface area contributed by atoms with Gasteiger partial charge in [0, 0.05) is 76.0 Å². The quantitative estimate of drug-likeness (QED) is 0.125. The van der Waals surface area contributed by atoms with Crippen LogP contribution in [0.3, 0.4) is 0 Å². The largest absolute Gasteiger partial charge is 0.417 e. The summed E-state index contributed by atoms with van der Waals surface area (Å²) >= 11 is 2.82. The van der Waals surface area contributed by atoms with Gasteiger partial charge in [-0.2, -0.15) is 35.0 Å². The Morgan fingerprint density at radius 3 is 1.35 bits per heavy atom. The minimum atomic E-state index is -4.78. The van der Waals surface area contributed by atoms with Crippen LogP contribution in [-0.4, -0.2) is 87.8 Å². The number of thiazole rings is 2. The highest BCUT2D eigenvalue weighted by Gasteiger charge is 2.41. The van der Waals surface area contributed by atoms with Gasteiger partial charge in [-0.05, 0) is 72.5 Å². The molecule has 0 N–H and O–H groups in total. The van der Waals surface area contributed by atoms with Crippen LogP contribution in [0.4, 0.5) is 45.4 Å². The van der Waals surface area contributed by atoms with Crippen molar-refractivity contribution >= 4 is 53.0 Å². The number of anilines is 2. The number of aryl methyl sites for hydroxylation is 2. The van der Waals surface area contributed by atoms with Crippen LogP contribution in [0, 0.1) is 25.5 Å². The van der Waals surface area contributed by atoms with Gasteiger partial charge in [-0.15, -0.1) is 22.7 Å². The van der Waals surface area contributed by atoms with Crippen LogP contribution >= 0.6 is 22.7 Å². The molecule has 0 atom stereocenters. The summed E-state index contributed by atoms with van der Waals surface area (Å²) in [5, 5.41) is 5.19. The van der Waals surface area contributed by atoms with Crippen molar-refractivity contribution in [3.05, 3.63) is 152 Å². The predicted molar refractivity (Wildman–Crippen MR) is 237 cm³/mol. The van der Waals surface area contributed by atoms with E-state index in [1.807, 2.05) is 15.2 Å². The van der Waals surface area contributed by atoms with Crippen molar-refractivity contribution in [3.63, 3.8) is 0 Å². The lowest BCUT2D eigenvalue weighted by molar-refractivity contribution is -0.140. The second-order valence-electron chi connectivity index (χ2n) is 15.5. The molecule has 0 radical (unpaired) electrons.